The van der Waals surface area contributed by atoms with Gasteiger partial charge in [0.05, 0.1) is 32.6 Å². The lowest BCUT2D eigenvalue weighted by atomic mass is 9.93. The molecule has 0 unspecified atom stereocenters. The standard InChI is InChI=1S/C24H26N6O3/c1-31-23-7-6-22(28-29-23)27-19-2-4-20(5-3-19)33-21-12-17(16-8-10-32-11-9-16)15-30-24(21)18(13-25)14-26-30/h6-8,12,14-15,19-20H,2-5,9-11H2,1H3,(H,27,28). The summed E-state index contributed by atoms with van der Waals surface area (Å²) in [5.74, 6) is 1.96. The van der Waals surface area contributed by atoms with Crippen molar-refractivity contribution in [1.82, 2.24) is 19.8 Å². The highest BCUT2D eigenvalue weighted by molar-refractivity contribution is 5.75. The number of nitriles is 1. The Kier molecular flexibility index (Phi) is 6.09. The summed E-state index contributed by atoms with van der Waals surface area (Å²) in [6.45, 7) is 1.32. The van der Waals surface area contributed by atoms with Crippen molar-refractivity contribution in [1.29, 1.82) is 5.26 Å². The molecule has 1 fully saturated rings. The van der Waals surface area contributed by atoms with Crippen LogP contribution in [0.15, 0.2) is 36.7 Å². The van der Waals surface area contributed by atoms with Crippen LogP contribution in [0.2, 0.25) is 0 Å². The number of hydrogen-bond acceptors (Lipinski definition) is 8. The zero-order valence-corrected chi connectivity index (χ0v) is 18.5. The molecule has 1 N–H and O–H groups in total. The Morgan fingerprint density at radius 1 is 1.21 bits per heavy atom. The molecule has 1 aliphatic heterocycles. The van der Waals surface area contributed by atoms with Gasteiger partial charge >= 0.3 is 0 Å². The van der Waals surface area contributed by atoms with Crippen molar-refractivity contribution in [2.75, 3.05) is 25.6 Å². The highest BCUT2D eigenvalue weighted by atomic mass is 16.5. The van der Waals surface area contributed by atoms with Crippen LogP contribution in [0.25, 0.3) is 11.1 Å². The van der Waals surface area contributed by atoms with Gasteiger partial charge in [0.2, 0.25) is 5.88 Å². The first kappa shape index (κ1) is 21.2. The lowest BCUT2D eigenvalue weighted by Gasteiger charge is -2.30. The second kappa shape index (κ2) is 9.46. The van der Waals surface area contributed by atoms with E-state index in [-0.39, 0.29) is 6.10 Å². The minimum atomic E-state index is 0.0779. The van der Waals surface area contributed by atoms with Crippen LogP contribution in [0.3, 0.4) is 0 Å². The third-order valence-electron chi connectivity index (χ3n) is 6.20. The zero-order valence-electron chi connectivity index (χ0n) is 18.5. The topological polar surface area (TPSA) is 107 Å². The van der Waals surface area contributed by atoms with E-state index in [1.54, 1.807) is 23.9 Å². The molecule has 9 heteroatoms. The summed E-state index contributed by atoms with van der Waals surface area (Å²) in [5.41, 5.74) is 3.52. The van der Waals surface area contributed by atoms with E-state index >= 15 is 0 Å². The van der Waals surface area contributed by atoms with Crippen LogP contribution in [-0.2, 0) is 4.74 Å². The first-order chi connectivity index (χ1) is 16.2. The van der Waals surface area contributed by atoms with Gasteiger partial charge in [0.25, 0.3) is 0 Å². The second-order valence-electron chi connectivity index (χ2n) is 8.31. The Hall–Kier alpha value is -3.64. The van der Waals surface area contributed by atoms with E-state index in [1.807, 2.05) is 18.3 Å². The van der Waals surface area contributed by atoms with Crippen molar-refractivity contribution in [3.63, 3.8) is 0 Å². The van der Waals surface area contributed by atoms with Crippen LogP contribution in [-0.4, -0.2) is 52.3 Å². The summed E-state index contributed by atoms with van der Waals surface area (Å²) >= 11 is 0. The third-order valence-corrected chi connectivity index (χ3v) is 6.20. The molecule has 0 spiro atoms. The second-order valence-corrected chi connectivity index (χ2v) is 8.31. The molecule has 4 heterocycles. The zero-order chi connectivity index (χ0) is 22.6. The van der Waals surface area contributed by atoms with E-state index in [2.05, 4.69) is 32.8 Å². The minimum Gasteiger partial charge on any atom is -0.488 e. The van der Waals surface area contributed by atoms with Crippen molar-refractivity contribution < 1.29 is 14.2 Å². The van der Waals surface area contributed by atoms with Gasteiger partial charge in [-0.15, -0.1) is 10.2 Å². The number of anilines is 1. The lowest BCUT2D eigenvalue weighted by molar-refractivity contribution is 0.151. The van der Waals surface area contributed by atoms with Crippen LogP contribution in [0.1, 0.15) is 43.2 Å². The van der Waals surface area contributed by atoms with Gasteiger partial charge in [-0.05, 0) is 55.4 Å². The van der Waals surface area contributed by atoms with Crippen LogP contribution in [0.4, 0.5) is 5.82 Å². The predicted octanol–water partition coefficient (Wildman–Crippen LogP) is 3.61. The van der Waals surface area contributed by atoms with Gasteiger partial charge in [0, 0.05) is 18.3 Å². The smallest absolute Gasteiger partial charge is 0.233 e. The van der Waals surface area contributed by atoms with Crippen molar-refractivity contribution in [3.8, 4) is 17.7 Å². The number of nitrogens with one attached hydrogen (secondary N) is 1. The van der Waals surface area contributed by atoms with Crippen molar-refractivity contribution in [2.45, 2.75) is 44.2 Å². The number of nitrogens with zero attached hydrogens (tertiary/aromatic N) is 5. The fourth-order valence-electron chi connectivity index (χ4n) is 4.44. The van der Waals surface area contributed by atoms with Crippen LogP contribution in [0, 0.1) is 11.3 Å². The fraction of sp³-hybridized carbons (Fsp3) is 0.417. The summed E-state index contributed by atoms with van der Waals surface area (Å²) in [7, 11) is 1.58. The molecule has 9 nitrogen and oxygen atoms in total. The van der Waals surface area contributed by atoms with E-state index < -0.39 is 0 Å². The molecule has 3 aromatic heterocycles. The van der Waals surface area contributed by atoms with Crippen molar-refractivity contribution in [3.05, 3.63) is 47.8 Å². The molecule has 0 aromatic carbocycles. The van der Waals surface area contributed by atoms with E-state index in [0.717, 1.165) is 49.0 Å². The molecule has 2 aliphatic rings. The maximum Gasteiger partial charge on any atom is 0.233 e. The minimum absolute atomic E-state index is 0.0779. The number of pyridine rings is 1. The molecule has 1 aliphatic carbocycles. The van der Waals surface area contributed by atoms with Gasteiger partial charge in [-0.2, -0.15) is 10.4 Å². The quantitative estimate of drug-likeness (QED) is 0.612. The maximum absolute atomic E-state index is 9.57. The Labute approximate surface area is 192 Å². The highest BCUT2D eigenvalue weighted by Crippen LogP contribution is 2.33. The van der Waals surface area contributed by atoms with Gasteiger partial charge in [-0.1, -0.05) is 6.08 Å². The number of rotatable bonds is 6. The Morgan fingerprint density at radius 3 is 2.79 bits per heavy atom. The maximum atomic E-state index is 9.57. The third kappa shape index (κ3) is 4.61. The highest BCUT2D eigenvalue weighted by Gasteiger charge is 2.25. The van der Waals surface area contributed by atoms with E-state index in [9.17, 15) is 5.26 Å². The van der Waals surface area contributed by atoms with Gasteiger partial charge in [0.15, 0.2) is 0 Å². The molecule has 0 amide bonds. The number of aromatic nitrogens is 4. The average molecular weight is 447 g/mol. The van der Waals surface area contributed by atoms with Crippen LogP contribution in [0.5, 0.6) is 11.6 Å². The van der Waals surface area contributed by atoms with Gasteiger partial charge in [-0.25, -0.2) is 4.52 Å². The SMILES string of the molecule is COc1ccc(NC2CCC(Oc3cc(C4=CCOCC4)cn4ncc(C#N)c34)CC2)nn1. The molecular weight excluding hydrogens is 420 g/mol. The van der Waals surface area contributed by atoms with Gasteiger partial charge in [-0.3, -0.25) is 0 Å². The van der Waals surface area contributed by atoms with Crippen molar-refractivity contribution >= 4 is 16.9 Å². The molecule has 0 radical (unpaired) electrons. The first-order valence-corrected chi connectivity index (χ1v) is 11.2. The molecule has 0 saturated heterocycles. The fourth-order valence-corrected chi connectivity index (χ4v) is 4.44. The summed E-state index contributed by atoms with van der Waals surface area (Å²) in [4.78, 5) is 0. The number of ether oxygens (including phenoxy) is 3. The monoisotopic (exact) mass is 446 g/mol. The van der Waals surface area contributed by atoms with Crippen molar-refractivity contribution in [2.24, 2.45) is 0 Å². The summed E-state index contributed by atoms with van der Waals surface area (Å²) in [6.07, 6.45) is 10.3. The largest absolute Gasteiger partial charge is 0.488 e. The number of hydrogen-bond donors (Lipinski definition) is 1. The number of methoxy groups -OCH3 is 1. The normalized spacial score (nSPS) is 20.7. The van der Waals surface area contributed by atoms with Gasteiger partial charge < -0.3 is 19.5 Å². The molecule has 0 atom stereocenters. The Morgan fingerprint density at radius 2 is 2.09 bits per heavy atom. The van der Waals surface area contributed by atoms with E-state index in [1.165, 1.54) is 5.57 Å². The Balaban J connectivity index is 1.30. The number of fused-ring (bicyclic) bond motifs is 1. The first-order valence-electron chi connectivity index (χ1n) is 11.2. The lowest BCUT2D eigenvalue weighted by Crippen LogP contribution is -2.31. The molecule has 1 saturated carbocycles. The molecular formula is C24H26N6O3. The van der Waals surface area contributed by atoms with E-state index in [0.29, 0.717) is 36.4 Å². The molecule has 0 bridgehead atoms. The van der Waals surface area contributed by atoms with Crippen LogP contribution >= 0.6 is 0 Å². The van der Waals surface area contributed by atoms with Crippen LogP contribution < -0.4 is 14.8 Å². The van der Waals surface area contributed by atoms with E-state index in [4.69, 9.17) is 14.2 Å². The summed E-state index contributed by atoms with van der Waals surface area (Å²) in [5, 5.41) is 25.6. The van der Waals surface area contributed by atoms with Gasteiger partial charge in [0.1, 0.15) is 28.7 Å². The molecule has 170 valence electrons. The summed E-state index contributed by atoms with van der Waals surface area (Å²) in [6, 6.07) is 8.28. The molecule has 33 heavy (non-hydrogen) atoms. The molecule has 3 aromatic rings. The molecule has 5 rings (SSSR count). The average Bonchev–Trinajstić information content (AvgIpc) is 3.30. The predicted molar refractivity (Wildman–Crippen MR) is 122 cm³/mol. The Bertz CT molecular complexity index is 1190. The summed E-state index contributed by atoms with van der Waals surface area (Å²) < 4.78 is 18.8.